The van der Waals surface area contributed by atoms with Gasteiger partial charge in [0.1, 0.15) is 0 Å². The van der Waals surface area contributed by atoms with E-state index in [-0.39, 0.29) is 18.4 Å². The molecule has 0 saturated carbocycles. The van der Waals surface area contributed by atoms with Crippen LogP contribution in [0.5, 0.6) is 0 Å². The van der Waals surface area contributed by atoms with Crippen molar-refractivity contribution in [3.63, 3.8) is 0 Å². The van der Waals surface area contributed by atoms with E-state index in [4.69, 9.17) is 33.7 Å². The predicted octanol–water partition coefficient (Wildman–Crippen LogP) is 3.45. The molecule has 0 aliphatic heterocycles. The van der Waals surface area contributed by atoms with E-state index in [0.29, 0.717) is 16.7 Å². The van der Waals surface area contributed by atoms with Gasteiger partial charge >= 0.3 is 0 Å². The standard InChI is InChI=1S/C10H13Cl2NO.ClH/c1-14-5-4-10(13)7-2-3-8(11)9(12)6-7;/h2-3,6,10H,4-5,13H2,1H3;1H. The molecular weight excluding hydrogens is 256 g/mol. The highest BCUT2D eigenvalue weighted by atomic mass is 35.5. The van der Waals surface area contributed by atoms with Crippen LogP contribution in [0, 0.1) is 0 Å². The van der Waals surface area contributed by atoms with Crippen molar-refractivity contribution in [1.82, 2.24) is 0 Å². The topological polar surface area (TPSA) is 35.2 Å². The zero-order valence-electron chi connectivity index (χ0n) is 8.37. The maximum Gasteiger partial charge on any atom is 0.0595 e. The summed E-state index contributed by atoms with van der Waals surface area (Å²) in [5.74, 6) is 0. The highest BCUT2D eigenvalue weighted by Crippen LogP contribution is 2.25. The molecule has 0 saturated heterocycles. The second kappa shape index (κ2) is 7.31. The molecule has 86 valence electrons. The first kappa shape index (κ1) is 15.0. The highest BCUT2D eigenvalue weighted by Gasteiger charge is 2.07. The first-order valence-electron chi connectivity index (χ1n) is 4.34. The first-order valence-corrected chi connectivity index (χ1v) is 5.10. The summed E-state index contributed by atoms with van der Waals surface area (Å²) >= 11 is 11.7. The molecule has 2 nitrogen and oxygen atoms in total. The summed E-state index contributed by atoms with van der Waals surface area (Å²) in [4.78, 5) is 0. The van der Waals surface area contributed by atoms with Gasteiger partial charge < -0.3 is 10.5 Å². The van der Waals surface area contributed by atoms with Gasteiger partial charge in [0.25, 0.3) is 0 Å². The quantitative estimate of drug-likeness (QED) is 0.909. The average Bonchev–Trinajstić information content (AvgIpc) is 2.18. The lowest BCUT2D eigenvalue weighted by molar-refractivity contribution is 0.188. The molecule has 0 amide bonds. The number of halogens is 3. The van der Waals surface area contributed by atoms with Crippen LogP contribution in [0.2, 0.25) is 10.0 Å². The van der Waals surface area contributed by atoms with Gasteiger partial charge in [0.05, 0.1) is 10.0 Å². The fourth-order valence-corrected chi connectivity index (χ4v) is 1.46. The van der Waals surface area contributed by atoms with Crippen molar-refractivity contribution in [1.29, 1.82) is 0 Å². The summed E-state index contributed by atoms with van der Waals surface area (Å²) in [5.41, 5.74) is 6.90. The molecule has 1 aromatic rings. The summed E-state index contributed by atoms with van der Waals surface area (Å²) in [6, 6.07) is 5.38. The second-order valence-electron chi connectivity index (χ2n) is 3.06. The first-order chi connectivity index (χ1) is 6.65. The van der Waals surface area contributed by atoms with Gasteiger partial charge in [-0.3, -0.25) is 0 Å². The maximum absolute atomic E-state index is 5.92. The lowest BCUT2D eigenvalue weighted by Crippen LogP contribution is -2.12. The van der Waals surface area contributed by atoms with Crippen LogP contribution in [0.4, 0.5) is 0 Å². The van der Waals surface area contributed by atoms with Crippen LogP contribution < -0.4 is 5.73 Å². The van der Waals surface area contributed by atoms with Crippen LogP contribution >= 0.6 is 35.6 Å². The van der Waals surface area contributed by atoms with E-state index in [1.165, 1.54) is 0 Å². The van der Waals surface area contributed by atoms with E-state index in [9.17, 15) is 0 Å². The molecule has 1 unspecified atom stereocenters. The van der Waals surface area contributed by atoms with Crippen LogP contribution in [0.25, 0.3) is 0 Å². The normalized spacial score (nSPS) is 12.0. The summed E-state index contributed by atoms with van der Waals surface area (Å²) in [6.45, 7) is 0.640. The SMILES string of the molecule is COCCC(N)c1ccc(Cl)c(Cl)c1.Cl. The molecule has 0 aliphatic carbocycles. The Morgan fingerprint density at radius 3 is 2.53 bits per heavy atom. The van der Waals surface area contributed by atoms with Crippen molar-refractivity contribution in [3.8, 4) is 0 Å². The number of ether oxygens (including phenoxy) is 1. The third-order valence-electron chi connectivity index (χ3n) is 2.00. The lowest BCUT2D eigenvalue weighted by atomic mass is 10.1. The van der Waals surface area contributed by atoms with Crippen LogP contribution in [0.1, 0.15) is 18.0 Å². The Balaban J connectivity index is 0.00000196. The van der Waals surface area contributed by atoms with Gasteiger partial charge in [0.2, 0.25) is 0 Å². The molecule has 1 rings (SSSR count). The smallest absolute Gasteiger partial charge is 0.0595 e. The van der Waals surface area contributed by atoms with E-state index in [1.807, 2.05) is 6.07 Å². The fourth-order valence-electron chi connectivity index (χ4n) is 1.15. The van der Waals surface area contributed by atoms with Crippen LogP contribution in [0.3, 0.4) is 0 Å². The molecule has 0 heterocycles. The molecule has 0 aliphatic rings. The summed E-state index contributed by atoms with van der Waals surface area (Å²) in [5, 5.41) is 1.09. The fraction of sp³-hybridized carbons (Fsp3) is 0.400. The minimum Gasteiger partial charge on any atom is -0.385 e. The number of rotatable bonds is 4. The predicted molar refractivity (Wildman–Crippen MR) is 67.1 cm³/mol. The molecule has 0 fully saturated rings. The van der Waals surface area contributed by atoms with Crippen molar-refractivity contribution in [3.05, 3.63) is 33.8 Å². The Labute approximate surface area is 106 Å². The van der Waals surface area contributed by atoms with Gasteiger partial charge in [-0.25, -0.2) is 0 Å². The average molecular weight is 271 g/mol. The zero-order chi connectivity index (χ0) is 10.6. The van der Waals surface area contributed by atoms with Crippen molar-refractivity contribution >= 4 is 35.6 Å². The summed E-state index contributed by atoms with van der Waals surface area (Å²) < 4.78 is 4.95. The maximum atomic E-state index is 5.92. The van der Waals surface area contributed by atoms with Crippen molar-refractivity contribution in [2.24, 2.45) is 5.73 Å². The molecule has 1 aromatic carbocycles. The van der Waals surface area contributed by atoms with E-state index in [2.05, 4.69) is 0 Å². The second-order valence-corrected chi connectivity index (χ2v) is 3.88. The summed E-state index contributed by atoms with van der Waals surface area (Å²) in [7, 11) is 1.65. The van der Waals surface area contributed by atoms with E-state index in [1.54, 1.807) is 19.2 Å². The number of methoxy groups -OCH3 is 1. The lowest BCUT2D eigenvalue weighted by Gasteiger charge is -2.11. The molecule has 15 heavy (non-hydrogen) atoms. The Hall–Kier alpha value is 0.01000. The molecule has 5 heteroatoms. The monoisotopic (exact) mass is 269 g/mol. The molecule has 0 spiro atoms. The van der Waals surface area contributed by atoms with Crippen molar-refractivity contribution in [2.75, 3.05) is 13.7 Å². The number of nitrogens with two attached hydrogens (primary N) is 1. The molecule has 0 aromatic heterocycles. The number of hydrogen-bond donors (Lipinski definition) is 1. The largest absolute Gasteiger partial charge is 0.385 e. The van der Waals surface area contributed by atoms with Crippen LogP contribution in [-0.4, -0.2) is 13.7 Å². The van der Waals surface area contributed by atoms with E-state index >= 15 is 0 Å². The van der Waals surface area contributed by atoms with Gasteiger partial charge in [0.15, 0.2) is 0 Å². The van der Waals surface area contributed by atoms with Crippen LogP contribution in [-0.2, 0) is 4.74 Å². The number of hydrogen-bond acceptors (Lipinski definition) is 2. The zero-order valence-corrected chi connectivity index (χ0v) is 10.7. The Bertz CT molecular complexity index is 307. The molecular formula is C10H14Cl3NO. The number of benzene rings is 1. The van der Waals surface area contributed by atoms with Gasteiger partial charge in [-0.05, 0) is 24.1 Å². The minimum absolute atomic E-state index is 0. The molecule has 1 atom stereocenters. The van der Waals surface area contributed by atoms with Crippen molar-refractivity contribution < 1.29 is 4.74 Å². The summed E-state index contributed by atoms with van der Waals surface area (Å²) in [6.07, 6.45) is 0.772. The molecule has 2 N–H and O–H groups in total. The third-order valence-corrected chi connectivity index (χ3v) is 2.74. The molecule has 0 bridgehead atoms. The van der Waals surface area contributed by atoms with E-state index in [0.717, 1.165) is 12.0 Å². The van der Waals surface area contributed by atoms with Gasteiger partial charge in [-0.2, -0.15) is 0 Å². The Kier molecular flexibility index (Phi) is 7.32. The van der Waals surface area contributed by atoms with Gasteiger partial charge in [0, 0.05) is 19.8 Å². The minimum atomic E-state index is -0.0512. The van der Waals surface area contributed by atoms with Crippen molar-refractivity contribution in [2.45, 2.75) is 12.5 Å². The Morgan fingerprint density at radius 1 is 1.33 bits per heavy atom. The Morgan fingerprint density at radius 2 is 2.00 bits per heavy atom. The van der Waals surface area contributed by atoms with Crippen LogP contribution in [0.15, 0.2) is 18.2 Å². The third kappa shape index (κ3) is 4.58. The highest BCUT2D eigenvalue weighted by molar-refractivity contribution is 6.42. The molecule has 0 radical (unpaired) electrons. The van der Waals surface area contributed by atoms with Gasteiger partial charge in [-0.15, -0.1) is 12.4 Å². The van der Waals surface area contributed by atoms with E-state index < -0.39 is 0 Å². The van der Waals surface area contributed by atoms with Gasteiger partial charge in [-0.1, -0.05) is 29.3 Å².